The summed E-state index contributed by atoms with van der Waals surface area (Å²) in [5, 5.41) is 9.38. The van der Waals surface area contributed by atoms with Crippen molar-refractivity contribution in [2.45, 2.75) is 0 Å². The molecule has 100 valence electrons. The molecular formula is C19H13NO. The van der Waals surface area contributed by atoms with Gasteiger partial charge in [-0.15, -0.1) is 0 Å². The zero-order chi connectivity index (χ0) is 14.2. The maximum Gasteiger partial charge on any atom is 0.115 e. The molecule has 0 aromatic heterocycles. The minimum absolute atomic E-state index is 0.256. The second kappa shape index (κ2) is 4.60. The van der Waals surface area contributed by atoms with Crippen molar-refractivity contribution in [2.75, 3.05) is 0 Å². The molecule has 0 heterocycles. The first-order valence-corrected chi connectivity index (χ1v) is 6.90. The molecule has 1 aliphatic carbocycles. The lowest BCUT2D eigenvalue weighted by Gasteiger charge is -2.02. The fourth-order valence-corrected chi connectivity index (χ4v) is 2.77. The molecule has 3 aromatic carbocycles. The number of rotatable bonds is 1. The van der Waals surface area contributed by atoms with Crippen molar-refractivity contribution in [3.05, 3.63) is 83.9 Å². The smallest absolute Gasteiger partial charge is 0.115 e. The quantitative estimate of drug-likeness (QED) is 0.541. The van der Waals surface area contributed by atoms with E-state index in [9.17, 15) is 5.11 Å². The molecule has 1 aliphatic rings. The van der Waals surface area contributed by atoms with E-state index in [4.69, 9.17) is 4.99 Å². The second-order valence-corrected chi connectivity index (χ2v) is 5.07. The topological polar surface area (TPSA) is 32.6 Å². The minimum Gasteiger partial charge on any atom is -0.508 e. The Morgan fingerprint density at radius 2 is 1.05 bits per heavy atom. The molecule has 0 spiro atoms. The van der Waals surface area contributed by atoms with Crippen LogP contribution in [-0.2, 0) is 0 Å². The van der Waals surface area contributed by atoms with Crippen LogP contribution in [0, 0.1) is 0 Å². The summed E-state index contributed by atoms with van der Waals surface area (Å²) in [6.07, 6.45) is 0. The number of nitrogens with zero attached hydrogens (tertiary/aromatic N) is 1. The molecule has 0 amide bonds. The largest absolute Gasteiger partial charge is 0.508 e. The van der Waals surface area contributed by atoms with Gasteiger partial charge in [0.25, 0.3) is 0 Å². The predicted molar refractivity (Wildman–Crippen MR) is 85.3 cm³/mol. The number of hydrogen-bond acceptors (Lipinski definition) is 2. The normalized spacial score (nSPS) is 11.9. The van der Waals surface area contributed by atoms with Crippen molar-refractivity contribution < 1.29 is 5.11 Å². The Labute approximate surface area is 123 Å². The second-order valence-electron chi connectivity index (χ2n) is 5.07. The van der Waals surface area contributed by atoms with E-state index in [0.717, 1.165) is 22.5 Å². The number of fused-ring (bicyclic) bond motifs is 3. The summed E-state index contributed by atoms with van der Waals surface area (Å²) in [6, 6.07) is 23.6. The van der Waals surface area contributed by atoms with Gasteiger partial charge in [0.15, 0.2) is 0 Å². The summed E-state index contributed by atoms with van der Waals surface area (Å²) in [7, 11) is 0. The predicted octanol–water partition coefficient (Wildman–Crippen LogP) is 4.54. The van der Waals surface area contributed by atoms with Crippen LogP contribution in [0.15, 0.2) is 77.8 Å². The molecule has 0 atom stereocenters. The first kappa shape index (κ1) is 11.9. The van der Waals surface area contributed by atoms with Crippen molar-refractivity contribution in [3.63, 3.8) is 0 Å². The van der Waals surface area contributed by atoms with Crippen molar-refractivity contribution in [3.8, 4) is 16.9 Å². The molecule has 0 unspecified atom stereocenters. The van der Waals surface area contributed by atoms with Crippen LogP contribution in [0.1, 0.15) is 11.1 Å². The molecule has 0 fully saturated rings. The summed E-state index contributed by atoms with van der Waals surface area (Å²) in [6.45, 7) is 0. The third-order valence-electron chi connectivity index (χ3n) is 3.75. The molecular weight excluding hydrogens is 258 g/mol. The summed E-state index contributed by atoms with van der Waals surface area (Å²) >= 11 is 0. The molecule has 0 aliphatic heterocycles. The number of aliphatic imine (C=N–C) groups is 1. The average Bonchev–Trinajstić information content (AvgIpc) is 2.85. The van der Waals surface area contributed by atoms with Gasteiger partial charge in [0.1, 0.15) is 5.75 Å². The fraction of sp³-hybridized carbons (Fsp3) is 0. The van der Waals surface area contributed by atoms with E-state index in [0.29, 0.717) is 0 Å². The van der Waals surface area contributed by atoms with Crippen molar-refractivity contribution in [1.82, 2.24) is 0 Å². The molecule has 2 nitrogen and oxygen atoms in total. The molecule has 2 heteroatoms. The third-order valence-corrected chi connectivity index (χ3v) is 3.75. The maximum absolute atomic E-state index is 9.38. The summed E-state index contributed by atoms with van der Waals surface area (Å²) in [5.41, 5.74) is 6.61. The van der Waals surface area contributed by atoms with Crippen LogP contribution in [0.4, 0.5) is 5.69 Å². The van der Waals surface area contributed by atoms with Crippen molar-refractivity contribution >= 4 is 11.4 Å². The van der Waals surface area contributed by atoms with E-state index in [1.54, 1.807) is 12.1 Å². The molecule has 1 N–H and O–H groups in total. The Kier molecular flexibility index (Phi) is 2.61. The Morgan fingerprint density at radius 3 is 1.57 bits per heavy atom. The zero-order valence-electron chi connectivity index (χ0n) is 11.3. The highest BCUT2D eigenvalue weighted by Crippen LogP contribution is 2.37. The standard InChI is InChI=1S/C19H13NO/c21-14-11-9-13(10-12-14)20-19-17-7-3-1-5-15(17)16-6-2-4-8-18(16)19/h1-12,21H. The summed E-state index contributed by atoms with van der Waals surface area (Å²) in [4.78, 5) is 4.79. The van der Waals surface area contributed by atoms with E-state index in [2.05, 4.69) is 36.4 Å². The number of aromatic hydroxyl groups is 1. The minimum atomic E-state index is 0.256. The van der Waals surface area contributed by atoms with Crippen molar-refractivity contribution in [2.24, 2.45) is 4.99 Å². The van der Waals surface area contributed by atoms with Crippen LogP contribution in [0.5, 0.6) is 5.75 Å². The first-order chi connectivity index (χ1) is 10.3. The number of benzene rings is 3. The fourth-order valence-electron chi connectivity index (χ4n) is 2.77. The Bertz CT molecular complexity index is 800. The van der Waals surface area contributed by atoms with Gasteiger partial charge in [-0.2, -0.15) is 0 Å². The van der Waals surface area contributed by atoms with E-state index in [-0.39, 0.29) is 5.75 Å². The molecule has 0 saturated heterocycles. The van der Waals surface area contributed by atoms with Gasteiger partial charge in [0.2, 0.25) is 0 Å². The lowest BCUT2D eigenvalue weighted by molar-refractivity contribution is 0.475. The lowest BCUT2D eigenvalue weighted by atomic mass is 10.1. The van der Waals surface area contributed by atoms with Crippen LogP contribution < -0.4 is 0 Å². The van der Waals surface area contributed by atoms with Gasteiger partial charge in [-0.1, -0.05) is 48.5 Å². The van der Waals surface area contributed by atoms with Crippen LogP contribution >= 0.6 is 0 Å². The van der Waals surface area contributed by atoms with E-state index < -0.39 is 0 Å². The third kappa shape index (κ3) is 1.93. The van der Waals surface area contributed by atoms with E-state index >= 15 is 0 Å². The van der Waals surface area contributed by atoms with Gasteiger partial charge in [-0.3, -0.25) is 0 Å². The number of hydrogen-bond donors (Lipinski definition) is 1. The lowest BCUT2D eigenvalue weighted by Crippen LogP contribution is -1.96. The number of phenols is 1. The highest BCUT2D eigenvalue weighted by atomic mass is 16.3. The number of phenolic OH excluding ortho intramolecular Hbond substituents is 1. The molecule has 3 aromatic rings. The zero-order valence-corrected chi connectivity index (χ0v) is 11.3. The van der Waals surface area contributed by atoms with Gasteiger partial charge < -0.3 is 5.11 Å². The van der Waals surface area contributed by atoms with E-state index in [1.807, 2.05) is 24.3 Å². The SMILES string of the molecule is Oc1ccc(N=C2c3ccccc3-c3ccccc32)cc1. The van der Waals surface area contributed by atoms with Gasteiger partial charge in [0, 0.05) is 11.1 Å². The monoisotopic (exact) mass is 271 g/mol. The van der Waals surface area contributed by atoms with Crippen LogP contribution in [0.25, 0.3) is 11.1 Å². The highest BCUT2D eigenvalue weighted by molar-refractivity contribution is 6.25. The maximum atomic E-state index is 9.38. The van der Waals surface area contributed by atoms with Crippen LogP contribution in [0.3, 0.4) is 0 Å². The molecule has 0 bridgehead atoms. The molecule has 0 radical (unpaired) electrons. The van der Waals surface area contributed by atoms with Crippen molar-refractivity contribution in [1.29, 1.82) is 0 Å². The van der Waals surface area contributed by atoms with Crippen LogP contribution in [0.2, 0.25) is 0 Å². The summed E-state index contributed by atoms with van der Waals surface area (Å²) in [5.74, 6) is 0.256. The van der Waals surface area contributed by atoms with E-state index in [1.165, 1.54) is 11.1 Å². The van der Waals surface area contributed by atoms with Crippen LogP contribution in [-0.4, -0.2) is 10.8 Å². The molecule has 4 rings (SSSR count). The van der Waals surface area contributed by atoms with Gasteiger partial charge in [0.05, 0.1) is 11.4 Å². The summed E-state index contributed by atoms with van der Waals surface area (Å²) < 4.78 is 0. The van der Waals surface area contributed by atoms with Gasteiger partial charge in [-0.05, 0) is 35.4 Å². The average molecular weight is 271 g/mol. The molecule has 0 saturated carbocycles. The Morgan fingerprint density at radius 1 is 0.571 bits per heavy atom. The highest BCUT2D eigenvalue weighted by Gasteiger charge is 2.23. The molecule has 21 heavy (non-hydrogen) atoms. The Balaban J connectivity index is 1.94. The van der Waals surface area contributed by atoms with Gasteiger partial charge >= 0.3 is 0 Å². The Hall–Kier alpha value is -2.87. The van der Waals surface area contributed by atoms with Gasteiger partial charge in [-0.25, -0.2) is 4.99 Å². The first-order valence-electron chi connectivity index (χ1n) is 6.90.